The van der Waals surface area contributed by atoms with Crippen molar-refractivity contribution in [3.8, 4) is 0 Å². The Balaban J connectivity index is 2.17. The predicted octanol–water partition coefficient (Wildman–Crippen LogP) is 0.159. The van der Waals surface area contributed by atoms with E-state index in [1.54, 1.807) is 10.9 Å². The van der Waals surface area contributed by atoms with Crippen molar-refractivity contribution in [3.05, 3.63) is 12.7 Å². The van der Waals surface area contributed by atoms with Gasteiger partial charge < -0.3 is 15.6 Å². The first-order valence-corrected chi connectivity index (χ1v) is 6.44. The average molecular weight is 281 g/mol. The van der Waals surface area contributed by atoms with E-state index in [0.717, 1.165) is 0 Å². The van der Waals surface area contributed by atoms with E-state index >= 15 is 0 Å². The Morgan fingerprint density at radius 2 is 2.21 bits per heavy atom. The van der Waals surface area contributed by atoms with Crippen molar-refractivity contribution in [1.29, 1.82) is 0 Å². The van der Waals surface area contributed by atoms with Crippen LogP contribution in [-0.4, -0.2) is 42.1 Å². The van der Waals surface area contributed by atoms with Gasteiger partial charge in [-0.2, -0.15) is 12.6 Å². The van der Waals surface area contributed by atoms with Crippen molar-refractivity contribution >= 4 is 29.6 Å². The molecule has 1 aliphatic rings. The first-order valence-electron chi connectivity index (χ1n) is 5.93. The smallest absolute Gasteiger partial charge is 0.167 e. The van der Waals surface area contributed by atoms with Gasteiger partial charge >= 0.3 is 0 Å². The molecule has 19 heavy (non-hydrogen) atoms. The van der Waals surface area contributed by atoms with Gasteiger partial charge in [-0.15, -0.1) is 0 Å². The van der Waals surface area contributed by atoms with Gasteiger partial charge in [-0.25, -0.2) is 15.0 Å². The van der Waals surface area contributed by atoms with Crippen LogP contribution in [0, 0.1) is 0 Å². The van der Waals surface area contributed by atoms with Gasteiger partial charge in [0, 0.05) is 0 Å². The van der Waals surface area contributed by atoms with Gasteiger partial charge in [-0.3, -0.25) is 4.57 Å². The molecule has 3 heterocycles. The van der Waals surface area contributed by atoms with Crippen LogP contribution in [0.5, 0.6) is 0 Å². The fraction of sp³-hybridized carbons (Fsp3) is 0.545. The number of aliphatic hydroxyl groups excluding tert-OH is 1. The van der Waals surface area contributed by atoms with E-state index in [-0.39, 0.29) is 6.10 Å². The lowest BCUT2D eigenvalue weighted by Gasteiger charge is -2.29. The zero-order valence-electron chi connectivity index (χ0n) is 10.6. The monoisotopic (exact) mass is 281 g/mol. The zero-order valence-corrected chi connectivity index (χ0v) is 11.5. The lowest BCUT2D eigenvalue weighted by Crippen LogP contribution is -2.39. The molecule has 2 aromatic heterocycles. The number of thiol groups is 1. The molecule has 1 fully saturated rings. The van der Waals surface area contributed by atoms with Crippen LogP contribution < -0.4 is 5.73 Å². The third-order valence-corrected chi connectivity index (χ3v) is 4.40. The number of aromatic nitrogens is 4. The quantitative estimate of drug-likeness (QED) is 0.644. The second-order valence-corrected chi connectivity index (χ2v) is 5.42. The maximum Gasteiger partial charge on any atom is 0.167 e. The van der Waals surface area contributed by atoms with Crippen molar-refractivity contribution in [2.24, 2.45) is 0 Å². The van der Waals surface area contributed by atoms with Crippen LogP contribution in [0.15, 0.2) is 12.7 Å². The number of anilines is 1. The number of rotatable bonds is 1. The van der Waals surface area contributed by atoms with Crippen LogP contribution in [0.2, 0.25) is 0 Å². The molecule has 102 valence electrons. The molecule has 0 spiro atoms. The highest BCUT2D eigenvalue weighted by molar-refractivity contribution is 7.81. The Kier molecular flexibility index (Phi) is 2.70. The minimum Gasteiger partial charge on any atom is -0.389 e. The Hall–Kier alpha value is -1.38. The number of nitrogens with two attached hydrogens (primary N) is 1. The van der Waals surface area contributed by atoms with E-state index in [1.165, 1.54) is 6.33 Å². The van der Waals surface area contributed by atoms with Gasteiger partial charge in [-0.1, -0.05) is 0 Å². The Labute approximate surface area is 115 Å². The Morgan fingerprint density at radius 3 is 2.84 bits per heavy atom. The van der Waals surface area contributed by atoms with Crippen LogP contribution >= 0.6 is 12.6 Å². The SMILES string of the molecule is C[C@H]1O[C@@](C)(n2cnc3c(N)ncnc32)[C@H](S)[C@@H]1O. The van der Waals surface area contributed by atoms with Crippen LogP contribution in [-0.2, 0) is 10.5 Å². The van der Waals surface area contributed by atoms with E-state index in [0.29, 0.717) is 17.0 Å². The summed E-state index contributed by atoms with van der Waals surface area (Å²) in [5.41, 5.74) is 6.01. The summed E-state index contributed by atoms with van der Waals surface area (Å²) in [6, 6.07) is 0. The number of fused-ring (bicyclic) bond motifs is 1. The summed E-state index contributed by atoms with van der Waals surface area (Å²) in [7, 11) is 0. The highest BCUT2D eigenvalue weighted by atomic mass is 32.1. The number of imidazole rings is 1. The highest BCUT2D eigenvalue weighted by Gasteiger charge is 2.50. The average Bonchev–Trinajstić information content (AvgIpc) is 2.89. The standard InChI is InChI=1S/C11H15N5O2S/c1-5-7(17)8(19)11(2,18-5)16-4-15-6-9(12)13-3-14-10(6)16/h3-5,7-8,17,19H,1-2H3,(H2,12,13,14)/t5-,7-,8-,11-/m1/s1. The number of nitrogen functional groups attached to an aromatic ring is 1. The molecule has 1 aliphatic heterocycles. The zero-order chi connectivity index (χ0) is 13.8. The molecule has 0 radical (unpaired) electrons. The van der Waals surface area contributed by atoms with Crippen LogP contribution in [0.25, 0.3) is 11.2 Å². The van der Waals surface area contributed by atoms with Crippen molar-refractivity contribution in [2.75, 3.05) is 5.73 Å². The fourth-order valence-electron chi connectivity index (χ4n) is 2.47. The van der Waals surface area contributed by atoms with E-state index in [2.05, 4.69) is 27.6 Å². The van der Waals surface area contributed by atoms with E-state index in [4.69, 9.17) is 10.5 Å². The third kappa shape index (κ3) is 1.63. The van der Waals surface area contributed by atoms with Crippen LogP contribution in [0.4, 0.5) is 5.82 Å². The predicted molar refractivity (Wildman–Crippen MR) is 72.7 cm³/mol. The molecule has 4 atom stereocenters. The molecule has 8 heteroatoms. The van der Waals surface area contributed by atoms with Gasteiger partial charge in [0.1, 0.15) is 11.8 Å². The second-order valence-electron chi connectivity index (χ2n) is 4.86. The number of aliphatic hydroxyl groups is 1. The van der Waals surface area contributed by atoms with Gasteiger partial charge in [-0.05, 0) is 13.8 Å². The van der Waals surface area contributed by atoms with Crippen molar-refractivity contribution < 1.29 is 9.84 Å². The first-order chi connectivity index (χ1) is 8.95. The summed E-state index contributed by atoms with van der Waals surface area (Å²) in [6.45, 7) is 3.65. The second kappa shape index (κ2) is 4.06. The molecule has 0 saturated carbocycles. The molecule has 7 nitrogen and oxygen atoms in total. The largest absolute Gasteiger partial charge is 0.389 e. The maximum atomic E-state index is 10.0. The van der Waals surface area contributed by atoms with Gasteiger partial charge in [0.15, 0.2) is 17.2 Å². The third-order valence-electron chi connectivity index (χ3n) is 3.62. The summed E-state index contributed by atoms with van der Waals surface area (Å²) in [5, 5.41) is 9.64. The van der Waals surface area contributed by atoms with E-state index in [1.807, 2.05) is 13.8 Å². The molecule has 0 aromatic carbocycles. The minimum atomic E-state index is -0.836. The van der Waals surface area contributed by atoms with Crippen molar-refractivity contribution in [2.45, 2.75) is 37.0 Å². The highest BCUT2D eigenvalue weighted by Crippen LogP contribution is 2.40. The fourth-order valence-corrected chi connectivity index (χ4v) is 2.89. The Bertz CT molecular complexity index is 633. The molecule has 0 bridgehead atoms. The molecular formula is C11H15N5O2S. The Morgan fingerprint density at radius 1 is 1.47 bits per heavy atom. The maximum absolute atomic E-state index is 10.0. The van der Waals surface area contributed by atoms with Gasteiger partial charge in [0.05, 0.1) is 23.8 Å². The summed E-state index contributed by atoms with van der Waals surface area (Å²) < 4.78 is 7.60. The van der Waals surface area contributed by atoms with Crippen molar-refractivity contribution in [1.82, 2.24) is 19.5 Å². The summed E-state index contributed by atoms with van der Waals surface area (Å²) >= 11 is 4.47. The lowest BCUT2D eigenvalue weighted by atomic mass is 10.1. The van der Waals surface area contributed by atoms with Gasteiger partial charge in [0.25, 0.3) is 0 Å². The number of ether oxygens (including phenoxy) is 1. The topological polar surface area (TPSA) is 99.1 Å². The van der Waals surface area contributed by atoms with E-state index < -0.39 is 17.1 Å². The number of hydrogen-bond donors (Lipinski definition) is 3. The summed E-state index contributed by atoms with van der Waals surface area (Å²) in [6.07, 6.45) is 1.99. The molecule has 0 aliphatic carbocycles. The molecule has 1 saturated heterocycles. The van der Waals surface area contributed by atoms with E-state index in [9.17, 15) is 5.11 Å². The number of hydrogen-bond acceptors (Lipinski definition) is 7. The minimum absolute atomic E-state index is 0.314. The molecule has 0 unspecified atom stereocenters. The van der Waals surface area contributed by atoms with Crippen LogP contribution in [0.3, 0.4) is 0 Å². The molecule has 3 N–H and O–H groups in total. The summed E-state index contributed by atoms with van der Waals surface area (Å²) in [4.78, 5) is 12.3. The number of nitrogens with zero attached hydrogens (tertiary/aromatic N) is 4. The first kappa shape index (κ1) is 12.6. The molecular weight excluding hydrogens is 266 g/mol. The normalized spacial score (nSPS) is 35.1. The molecule has 3 rings (SSSR count). The molecule has 0 amide bonds. The molecule has 2 aromatic rings. The van der Waals surface area contributed by atoms with Crippen LogP contribution in [0.1, 0.15) is 13.8 Å². The lowest BCUT2D eigenvalue weighted by molar-refractivity contribution is -0.0794. The van der Waals surface area contributed by atoms with Crippen molar-refractivity contribution in [3.63, 3.8) is 0 Å². The van der Waals surface area contributed by atoms with Gasteiger partial charge in [0.2, 0.25) is 0 Å². The summed E-state index contributed by atoms with van der Waals surface area (Å²) in [5.74, 6) is 0.314.